The van der Waals surface area contributed by atoms with Gasteiger partial charge in [0.05, 0.1) is 11.0 Å². The Morgan fingerprint density at radius 3 is 2.87 bits per heavy atom. The predicted octanol–water partition coefficient (Wildman–Crippen LogP) is 3.20. The maximum atomic E-state index is 10.6. The molecular weight excluding hydrogens is 218 g/mol. The van der Waals surface area contributed by atoms with Crippen LogP contribution >= 0.6 is 11.6 Å². The molecule has 0 aromatic heterocycles. The molecule has 0 aliphatic heterocycles. The molecule has 0 amide bonds. The van der Waals surface area contributed by atoms with Crippen molar-refractivity contribution in [2.45, 2.75) is 6.92 Å². The van der Waals surface area contributed by atoms with E-state index >= 15 is 0 Å². The van der Waals surface area contributed by atoms with Gasteiger partial charge in [-0.15, -0.1) is 0 Å². The number of ether oxygens (including phenoxy) is 1. The quantitative estimate of drug-likeness (QED) is 0.451. The lowest BCUT2D eigenvalue weighted by molar-refractivity contribution is -0.384. The lowest BCUT2D eigenvalue weighted by Gasteiger charge is -2.05. The van der Waals surface area contributed by atoms with Gasteiger partial charge in [-0.2, -0.15) is 0 Å². The Morgan fingerprint density at radius 1 is 1.67 bits per heavy atom. The molecule has 15 heavy (non-hydrogen) atoms. The molecule has 0 spiro atoms. The fourth-order valence-corrected chi connectivity index (χ4v) is 1.12. The van der Waals surface area contributed by atoms with Gasteiger partial charge in [-0.05, 0) is 24.6 Å². The second-order valence-electron chi connectivity index (χ2n) is 3.12. The van der Waals surface area contributed by atoms with Crippen LogP contribution in [0.4, 0.5) is 5.69 Å². The summed E-state index contributed by atoms with van der Waals surface area (Å²) < 4.78 is 5.25. The van der Waals surface area contributed by atoms with Crippen molar-refractivity contribution < 1.29 is 9.66 Å². The van der Waals surface area contributed by atoms with Gasteiger partial charge in [-0.25, -0.2) is 0 Å². The first-order chi connectivity index (χ1) is 7.00. The highest BCUT2D eigenvalue weighted by atomic mass is 35.5. The molecular formula is C10H10ClNO3. The van der Waals surface area contributed by atoms with Crippen molar-refractivity contribution in [2.75, 3.05) is 6.61 Å². The number of nitrogens with zero attached hydrogens (tertiary/aromatic N) is 1. The van der Waals surface area contributed by atoms with E-state index in [-0.39, 0.29) is 10.7 Å². The maximum Gasteiger partial charge on any atom is 0.291 e. The predicted molar refractivity (Wildman–Crippen MR) is 58.4 cm³/mol. The summed E-state index contributed by atoms with van der Waals surface area (Å²) in [5.41, 5.74) is 0.684. The van der Waals surface area contributed by atoms with Crippen LogP contribution in [0.25, 0.3) is 0 Å². The van der Waals surface area contributed by atoms with Crippen LogP contribution in [0.1, 0.15) is 6.92 Å². The minimum atomic E-state index is -0.546. The summed E-state index contributed by atoms with van der Waals surface area (Å²) in [6.07, 6.45) is 0. The largest absolute Gasteiger partial charge is 0.489 e. The third kappa shape index (κ3) is 3.25. The Bertz CT molecular complexity index is 404. The fraction of sp³-hybridized carbons (Fsp3) is 0.200. The van der Waals surface area contributed by atoms with E-state index in [0.717, 1.165) is 5.57 Å². The van der Waals surface area contributed by atoms with Gasteiger partial charge < -0.3 is 4.74 Å². The number of rotatable bonds is 4. The van der Waals surface area contributed by atoms with Gasteiger partial charge in [-0.3, -0.25) is 10.1 Å². The summed E-state index contributed by atoms with van der Waals surface area (Å²) in [4.78, 5) is 10.0. The Labute approximate surface area is 92.3 Å². The van der Waals surface area contributed by atoms with Crippen molar-refractivity contribution in [1.82, 2.24) is 0 Å². The van der Waals surface area contributed by atoms with Crippen LogP contribution in [-0.4, -0.2) is 11.5 Å². The molecule has 0 saturated carbocycles. The number of hydrogen-bond acceptors (Lipinski definition) is 3. The summed E-state index contributed by atoms with van der Waals surface area (Å²) in [5, 5.41) is 10.7. The third-order valence-electron chi connectivity index (χ3n) is 1.60. The first-order valence-corrected chi connectivity index (χ1v) is 4.59. The van der Waals surface area contributed by atoms with Crippen molar-refractivity contribution in [3.05, 3.63) is 45.5 Å². The van der Waals surface area contributed by atoms with E-state index in [2.05, 4.69) is 6.58 Å². The lowest BCUT2D eigenvalue weighted by atomic mass is 10.3. The fourth-order valence-electron chi connectivity index (χ4n) is 0.929. The minimum Gasteiger partial charge on any atom is -0.489 e. The molecule has 1 rings (SSSR count). The second-order valence-corrected chi connectivity index (χ2v) is 3.52. The van der Waals surface area contributed by atoms with E-state index in [4.69, 9.17) is 16.3 Å². The topological polar surface area (TPSA) is 52.4 Å². The van der Waals surface area contributed by atoms with Gasteiger partial charge in [-0.1, -0.05) is 18.2 Å². The number of nitro benzene ring substituents is 1. The van der Waals surface area contributed by atoms with Crippen molar-refractivity contribution in [1.29, 1.82) is 0 Å². The summed E-state index contributed by atoms with van der Waals surface area (Å²) in [7, 11) is 0. The highest BCUT2D eigenvalue weighted by Gasteiger charge is 2.13. The zero-order valence-electron chi connectivity index (χ0n) is 8.20. The van der Waals surface area contributed by atoms with E-state index in [9.17, 15) is 10.1 Å². The molecule has 0 radical (unpaired) electrons. The molecule has 0 heterocycles. The normalized spacial score (nSPS) is 9.73. The van der Waals surface area contributed by atoms with E-state index < -0.39 is 4.92 Å². The summed E-state index contributed by atoms with van der Waals surface area (Å²) in [6, 6.07) is 4.32. The molecule has 0 aliphatic carbocycles. The van der Waals surface area contributed by atoms with Gasteiger partial charge in [0.25, 0.3) is 5.69 Å². The minimum absolute atomic E-state index is 0.0997. The van der Waals surface area contributed by atoms with Crippen LogP contribution in [0.3, 0.4) is 0 Å². The second kappa shape index (κ2) is 4.79. The number of benzene rings is 1. The smallest absolute Gasteiger partial charge is 0.291 e. The zero-order valence-corrected chi connectivity index (χ0v) is 8.95. The van der Waals surface area contributed by atoms with Crippen LogP contribution in [0.2, 0.25) is 5.02 Å². The molecule has 5 heteroatoms. The zero-order chi connectivity index (χ0) is 11.4. The SMILES string of the molecule is C=C(C)COc1ccc(Cl)c([N+](=O)[O-])c1. The number of halogens is 1. The monoisotopic (exact) mass is 227 g/mol. The molecule has 0 atom stereocenters. The van der Waals surface area contributed by atoms with E-state index in [0.29, 0.717) is 12.4 Å². The highest BCUT2D eigenvalue weighted by molar-refractivity contribution is 6.32. The van der Waals surface area contributed by atoms with Crippen molar-refractivity contribution >= 4 is 17.3 Å². The Kier molecular flexibility index (Phi) is 3.68. The van der Waals surface area contributed by atoms with Crippen LogP contribution in [-0.2, 0) is 0 Å². The summed E-state index contributed by atoms with van der Waals surface area (Å²) in [5.74, 6) is 0.411. The van der Waals surface area contributed by atoms with Gasteiger partial charge in [0.2, 0.25) is 0 Å². The van der Waals surface area contributed by atoms with Gasteiger partial charge in [0.15, 0.2) is 0 Å². The van der Waals surface area contributed by atoms with Crippen LogP contribution in [0.15, 0.2) is 30.4 Å². The molecule has 0 unspecified atom stereocenters. The molecule has 0 bridgehead atoms. The molecule has 4 nitrogen and oxygen atoms in total. The van der Waals surface area contributed by atoms with Crippen molar-refractivity contribution in [3.8, 4) is 5.75 Å². The third-order valence-corrected chi connectivity index (χ3v) is 1.92. The first kappa shape index (κ1) is 11.5. The van der Waals surface area contributed by atoms with Crippen molar-refractivity contribution in [3.63, 3.8) is 0 Å². The van der Waals surface area contributed by atoms with E-state index in [1.165, 1.54) is 12.1 Å². The van der Waals surface area contributed by atoms with Gasteiger partial charge >= 0.3 is 0 Å². The standard InChI is InChI=1S/C10H10ClNO3/c1-7(2)6-15-8-3-4-9(11)10(5-8)12(13)14/h3-5H,1,6H2,2H3. The Balaban J connectivity index is 2.87. The molecule has 1 aromatic rings. The average Bonchev–Trinajstić information content (AvgIpc) is 2.16. The summed E-state index contributed by atoms with van der Waals surface area (Å²) in [6.45, 7) is 5.80. The maximum absolute atomic E-state index is 10.6. The van der Waals surface area contributed by atoms with Gasteiger partial charge in [0, 0.05) is 0 Å². The van der Waals surface area contributed by atoms with E-state index in [1.807, 2.05) is 6.92 Å². The first-order valence-electron chi connectivity index (χ1n) is 4.22. The lowest BCUT2D eigenvalue weighted by Crippen LogP contribution is -1.98. The Hall–Kier alpha value is -1.55. The molecule has 0 N–H and O–H groups in total. The van der Waals surface area contributed by atoms with Crippen LogP contribution < -0.4 is 4.74 Å². The number of nitro groups is 1. The molecule has 0 fully saturated rings. The summed E-state index contributed by atoms with van der Waals surface area (Å²) >= 11 is 5.64. The van der Waals surface area contributed by atoms with Crippen LogP contribution in [0, 0.1) is 10.1 Å². The molecule has 1 aromatic carbocycles. The molecule has 0 aliphatic rings. The average molecular weight is 228 g/mol. The molecule has 80 valence electrons. The van der Waals surface area contributed by atoms with E-state index in [1.54, 1.807) is 6.07 Å². The highest BCUT2D eigenvalue weighted by Crippen LogP contribution is 2.28. The van der Waals surface area contributed by atoms with Crippen molar-refractivity contribution in [2.24, 2.45) is 0 Å². The van der Waals surface area contributed by atoms with Crippen LogP contribution in [0.5, 0.6) is 5.75 Å². The molecule has 0 saturated heterocycles. The Morgan fingerprint density at radius 2 is 2.33 bits per heavy atom. The number of hydrogen-bond donors (Lipinski definition) is 0. The van der Waals surface area contributed by atoms with Gasteiger partial charge in [0.1, 0.15) is 17.4 Å².